The van der Waals surface area contributed by atoms with Crippen LogP contribution in [0.5, 0.6) is 0 Å². The fourth-order valence-electron chi connectivity index (χ4n) is 3.71. The molecule has 1 aliphatic rings. The molecule has 5 nitrogen and oxygen atoms in total. The first-order chi connectivity index (χ1) is 16.7. The summed E-state index contributed by atoms with van der Waals surface area (Å²) in [5, 5.41) is 5.95. The van der Waals surface area contributed by atoms with E-state index in [4.69, 9.17) is 0 Å². The van der Waals surface area contributed by atoms with E-state index in [0.717, 1.165) is 18.2 Å². The Morgan fingerprint density at radius 2 is 1.77 bits per heavy atom. The number of benzene rings is 2. The number of hydrazone groups is 1. The Balaban J connectivity index is 1.30. The van der Waals surface area contributed by atoms with Gasteiger partial charge in [0.25, 0.3) is 0 Å². The van der Waals surface area contributed by atoms with Gasteiger partial charge in [-0.25, -0.2) is 18.2 Å². The van der Waals surface area contributed by atoms with Crippen LogP contribution < -0.4 is 0 Å². The van der Waals surface area contributed by atoms with Crippen LogP contribution in [0.15, 0.2) is 59.8 Å². The molecule has 0 amide bonds. The van der Waals surface area contributed by atoms with E-state index in [9.17, 15) is 26.3 Å². The van der Waals surface area contributed by atoms with E-state index in [1.54, 1.807) is 17.1 Å². The molecule has 1 N–H and O–H groups in total. The maximum atomic E-state index is 14.2. The molecule has 11 heteroatoms. The molecule has 0 atom stereocenters. The van der Waals surface area contributed by atoms with Gasteiger partial charge in [0.2, 0.25) is 0 Å². The smallest absolute Gasteiger partial charge is 0.340 e. The van der Waals surface area contributed by atoms with Gasteiger partial charge >= 0.3 is 6.18 Å². The summed E-state index contributed by atoms with van der Waals surface area (Å²) in [4.78, 5) is 11.5. The fourth-order valence-corrected chi connectivity index (χ4v) is 3.71. The third kappa shape index (κ3) is 4.48. The minimum absolute atomic E-state index is 0.00658. The number of nitrogens with zero attached hydrogens (tertiary/aromatic N) is 4. The fraction of sp³-hybridized carbons (Fsp3) is 0.125. The predicted octanol–water partition coefficient (Wildman–Crippen LogP) is 5.92. The lowest BCUT2D eigenvalue weighted by Crippen LogP contribution is -2.22. The lowest BCUT2D eigenvalue weighted by atomic mass is 10.0. The first-order valence-electron chi connectivity index (χ1n) is 10.3. The van der Waals surface area contributed by atoms with E-state index in [-0.39, 0.29) is 23.5 Å². The summed E-state index contributed by atoms with van der Waals surface area (Å²) in [7, 11) is 0. The van der Waals surface area contributed by atoms with Crippen molar-refractivity contribution >= 4 is 6.21 Å². The topological polar surface area (TPSA) is 57.2 Å². The molecule has 178 valence electrons. The second kappa shape index (κ2) is 8.57. The Morgan fingerprint density at radius 3 is 2.49 bits per heavy atom. The second-order valence-electron chi connectivity index (χ2n) is 7.85. The van der Waals surface area contributed by atoms with E-state index < -0.39 is 29.2 Å². The monoisotopic (exact) mass is 487 g/mol. The minimum Gasteiger partial charge on any atom is -0.340 e. The van der Waals surface area contributed by atoms with Gasteiger partial charge in [0, 0.05) is 17.3 Å². The number of halogens is 6. The van der Waals surface area contributed by atoms with Crippen LogP contribution in [-0.4, -0.2) is 26.2 Å². The maximum absolute atomic E-state index is 14.2. The summed E-state index contributed by atoms with van der Waals surface area (Å²) in [5.41, 5.74) is 1.02. The molecule has 0 unspecified atom stereocenters. The Morgan fingerprint density at radius 1 is 0.943 bits per heavy atom. The van der Waals surface area contributed by atoms with E-state index in [0.29, 0.717) is 35.3 Å². The summed E-state index contributed by atoms with van der Waals surface area (Å²) >= 11 is 0. The zero-order valence-corrected chi connectivity index (χ0v) is 17.7. The summed E-state index contributed by atoms with van der Waals surface area (Å²) in [6.45, 7) is 0.571. The largest absolute Gasteiger partial charge is 0.416 e. The van der Waals surface area contributed by atoms with Crippen molar-refractivity contribution < 1.29 is 26.3 Å². The van der Waals surface area contributed by atoms with Gasteiger partial charge in [-0.15, -0.1) is 0 Å². The second-order valence-corrected chi connectivity index (χ2v) is 7.85. The molecule has 0 aliphatic carbocycles. The van der Waals surface area contributed by atoms with Gasteiger partial charge in [-0.2, -0.15) is 18.3 Å². The van der Waals surface area contributed by atoms with Crippen LogP contribution in [-0.2, 0) is 19.3 Å². The van der Waals surface area contributed by atoms with Crippen LogP contribution in [0.1, 0.15) is 22.6 Å². The van der Waals surface area contributed by atoms with Crippen molar-refractivity contribution in [2.45, 2.75) is 19.3 Å². The van der Waals surface area contributed by atoms with Gasteiger partial charge in [0.1, 0.15) is 17.3 Å². The molecule has 4 aromatic rings. The summed E-state index contributed by atoms with van der Waals surface area (Å²) < 4.78 is 80.2. The quantitative estimate of drug-likeness (QED) is 0.364. The van der Waals surface area contributed by atoms with Crippen LogP contribution >= 0.6 is 0 Å². The number of pyridine rings is 1. The highest BCUT2D eigenvalue weighted by atomic mass is 19.4. The Kier molecular flexibility index (Phi) is 5.54. The molecular weight excluding hydrogens is 472 g/mol. The summed E-state index contributed by atoms with van der Waals surface area (Å²) in [6, 6.07) is 9.37. The highest BCUT2D eigenvalue weighted by Crippen LogP contribution is 2.33. The lowest BCUT2D eigenvalue weighted by Gasteiger charge is -2.21. The Labute approximate surface area is 194 Å². The molecule has 0 fully saturated rings. The molecule has 5 rings (SSSR count). The third-order valence-electron chi connectivity index (χ3n) is 5.48. The SMILES string of the molecule is Fc1cc(C(F)(F)F)ccc1-c1ccc(CN2Cc3[nH]c(-c4cccc(F)c4F)nc3C=N2)nc1. The molecule has 35 heavy (non-hydrogen) atoms. The van der Waals surface area contributed by atoms with Crippen molar-refractivity contribution in [1.82, 2.24) is 20.0 Å². The van der Waals surface area contributed by atoms with Crippen molar-refractivity contribution in [2.75, 3.05) is 0 Å². The van der Waals surface area contributed by atoms with Gasteiger partial charge < -0.3 is 4.98 Å². The van der Waals surface area contributed by atoms with Gasteiger partial charge in [-0.05, 0) is 30.3 Å². The van der Waals surface area contributed by atoms with Crippen LogP contribution in [0.25, 0.3) is 22.5 Å². The van der Waals surface area contributed by atoms with Crippen molar-refractivity contribution in [2.24, 2.45) is 5.10 Å². The van der Waals surface area contributed by atoms with Gasteiger partial charge in [-0.1, -0.05) is 18.2 Å². The number of H-pyrrole nitrogens is 1. The number of rotatable bonds is 4. The molecule has 3 heterocycles. The first kappa shape index (κ1) is 22.6. The van der Waals surface area contributed by atoms with Crippen LogP contribution in [0.2, 0.25) is 0 Å². The number of nitrogens with one attached hydrogen (secondary N) is 1. The van der Waals surface area contributed by atoms with Gasteiger partial charge in [0.05, 0.1) is 41.8 Å². The maximum Gasteiger partial charge on any atom is 0.416 e. The molecule has 2 aromatic heterocycles. The molecular formula is C24H15F6N5. The number of aromatic nitrogens is 3. The number of hydrogen-bond donors (Lipinski definition) is 1. The van der Waals surface area contributed by atoms with E-state index >= 15 is 0 Å². The highest BCUT2D eigenvalue weighted by Gasteiger charge is 2.31. The van der Waals surface area contributed by atoms with Crippen LogP contribution in [0.3, 0.4) is 0 Å². The predicted molar refractivity (Wildman–Crippen MR) is 115 cm³/mol. The van der Waals surface area contributed by atoms with Crippen molar-refractivity contribution in [3.8, 4) is 22.5 Å². The normalized spacial score (nSPS) is 13.3. The Bertz CT molecular complexity index is 1430. The van der Waals surface area contributed by atoms with E-state index in [1.165, 1.54) is 24.5 Å². The van der Waals surface area contributed by atoms with E-state index in [1.807, 2.05) is 0 Å². The number of hydrogen-bond acceptors (Lipinski definition) is 4. The molecule has 0 spiro atoms. The number of fused-ring (bicyclic) bond motifs is 1. The van der Waals surface area contributed by atoms with Gasteiger partial charge in [0.15, 0.2) is 11.6 Å². The van der Waals surface area contributed by atoms with E-state index in [2.05, 4.69) is 20.1 Å². The van der Waals surface area contributed by atoms with Gasteiger partial charge in [-0.3, -0.25) is 9.99 Å². The highest BCUT2D eigenvalue weighted by molar-refractivity contribution is 5.80. The van der Waals surface area contributed by atoms with Crippen molar-refractivity contribution in [3.05, 3.63) is 94.8 Å². The summed E-state index contributed by atoms with van der Waals surface area (Å²) in [6.07, 6.45) is -1.76. The average molecular weight is 487 g/mol. The number of alkyl halides is 3. The standard InChI is InChI=1S/C24H15F6N5/c25-18-3-1-2-17(22(18)27)23-33-20-10-32-35(12-21(20)34-23)11-15-6-4-13(9-31-15)16-7-5-14(8-19(16)26)24(28,29)30/h1-10H,11-12H2,(H,33,34). The lowest BCUT2D eigenvalue weighted by molar-refractivity contribution is -0.137. The molecule has 2 aromatic carbocycles. The van der Waals surface area contributed by atoms with Crippen LogP contribution in [0.4, 0.5) is 26.3 Å². The van der Waals surface area contributed by atoms with Crippen LogP contribution in [0, 0.1) is 17.5 Å². The molecule has 0 saturated heterocycles. The third-order valence-corrected chi connectivity index (χ3v) is 5.48. The molecule has 0 saturated carbocycles. The number of imidazole rings is 1. The van der Waals surface area contributed by atoms with Crippen molar-refractivity contribution in [3.63, 3.8) is 0 Å². The number of aromatic amines is 1. The Hall–Kier alpha value is -4.15. The average Bonchev–Trinajstić information content (AvgIpc) is 3.24. The van der Waals surface area contributed by atoms with Crippen molar-refractivity contribution in [1.29, 1.82) is 0 Å². The zero-order chi connectivity index (χ0) is 24.7. The molecule has 0 radical (unpaired) electrons. The first-order valence-corrected chi connectivity index (χ1v) is 10.3. The minimum atomic E-state index is -4.63. The summed E-state index contributed by atoms with van der Waals surface area (Å²) in [5.74, 6) is -2.78. The molecule has 0 bridgehead atoms. The molecule has 1 aliphatic heterocycles. The zero-order valence-electron chi connectivity index (χ0n) is 17.7.